The number of aliphatic hydroxyl groups excluding tert-OH is 1. The SMILES string of the molecule is Cc1ncsc1-c1ccc(C(C)NC(=O)C2CC(O)CN2C(=O)C(NC(=O)CCCCCCCCCCC(=O)N(C)CC(COc2cc(-c3ccccc3O)nnc2N)c2ccccc2)C(C)(C)C)cc1. The molecule has 3 aromatic carbocycles. The van der Waals surface area contributed by atoms with Gasteiger partial charge in [0.2, 0.25) is 23.6 Å². The van der Waals surface area contributed by atoms with E-state index >= 15 is 0 Å². The molecule has 16 heteroatoms. The fourth-order valence-corrected chi connectivity index (χ4v) is 9.80. The third-order valence-electron chi connectivity index (χ3n) is 13.2. The zero-order valence-corrected chi connectivity index (χ0v) is 42.9. The number of likely N-dealkylation sites (tertiary alicyclic amines) is 1. The van der Waals surface area contributed by atoms with Gasteiger partial charge in [-0.3, -0.25) is 19.2 Å². The average molecular weight is 989 g/mol. The lowest BCUT2D eigenvalue weighted by atomic mass is 9.85. The number of anilines is 1. The topological polar surface area (TPSA) is 213 Å². The number of hydrogen-bond acceptors (Lipinski definition) is 12. The van der Waals surface area contributed by atoms with E-state index in [1.807, 2.05) is 102 Å². The van der Waals surface area contributed by atoms with Crippen molar-refractivity contribution in [2.45, 2.75) is 135 Å². The number of amides is 4. The Hall–Kier alpha value is -6.39. The number of thiazole rings is 1. The van der Waals surface area contributed by atoms with E-state index in [1.165, 1.54) is 4.90 Å². The Morgan fingerprint density at radius 2 is 1.52 bits per heavy atom. The van der Waals surface area contributed by atoms with E-state index in [0.29, 0.717) is 36.4 Å². The Kier molecular flexibility index (Phi) is 19.5. The molecule has 1 saturated heterocycles. The van der Waals surface area contributed by atoms with Gasteiger partial charge in [-0.25, -0.2) is 4.98 Å². The molecule has 1 aliphatic heterocycles. The normalized spacial score (nSPS) is 16.0. The minimum Gasteiger partial charge on any atom is -0.507 e. The van der Waals surface area contributed by atoms with Crippen LogP contribution in [0.5, 0.6) is 11.5 Å². The van der Waals surface area contributed by atoms with Crippen molar-refractivity contribution in [3.05, 3.63) is 107 Å². The summed E-state index contributed by atoms with van der Waals surface area (Å²) in [7, 11) is 1.82. The molecular weight excluding hydrogens is 917 g/mol. The number of phenols is 1. The van der Waals surface area contributed by atoms with Gasteiger partial charge in [0.15, 0.2) is 11.6 Å². The molecule has 0 aliphatic carbocycles. The van der Waals surface area contributed by atoms with Crippen LogP contribution in [0.2, 0.25) is 0 Å². The molecule has 2 aromatic heterocycles. The summed E-state index contributed by atoms with van der Waals surface area (Å²) in [5, 5.41) is 35.2. The number of β-amino-alcohol motifs (C(OH)–C–C–N with tert-alkyl or cyclic N) is 1. The number of aromatic nitrogens is 3. The number of phenolic OH excluding ortho intramolecular Hbond substituents is 1. The second kappa shape index (κ2) is 25.6. The van der Waals surface area contributed by atoms with Crippen molar-refractivity contribution in [2.75, 3.05) is 32.5 Å². The second-order valence-corrected chi connectivity index (χ2v) is 20.8. The summed E-state index contributed by atoms with van der Waals surface area (Å²) < 4.78 is 6.20. The second-order valence-electron chi connectivity index (χ2n) is 19.9. The molecular formula is C55H72N8O7S. The Labute approximate surface area is 422 Å². The quantitative estimate of drug-likeness (QED) is 0.0369. The summed E-state index contributed by atoms with van der Waals surface area (Å²) in [5.41, 5.74) is 12.2. The molecule has 3 heterocycles. The number of nitrogens with two attached hydrogens (primary N) is 1. The van der Waals surface area contributed by atoms with E-state index in [9.17, 15) is 29.4 Å². The zero-order chi connectivity index (χ0) is 51.1. The van der Waals surface area contributed by atoms with E-state index in [1.54, 1.807) is 46.6 Å². The number of rotatable bonds is 24. The number of carbonyl (C=O) groups is 4. The van der Waals surface area contributed by atoms with Crippen LogP contribution < -0.4 is 21.1 Å². The number of nitrogens with zero attached hydrogens (tertiary/aromatic N) is 5. The molecule has 380 valence electrons. The number of ether oxygens (including phenoxy) is 1. The largest absolute Gasteiger partial charge is 0.507 e. The van der Waals surface area contributed by atoms with Gasteiger partial charge in [0, 0.05) is 56.9 Å². The molecule has 0 radical (unpaired) electrons. The average Bonchev–Trinajstić information content (AvgIpc) is 3.97. The minimum atomic E-state index is -0.872. The molecule has 5 unspecified atom stereocenters. The van der Waals surface area contributed by atoms with Gasteiger partial charge in [0.1, 0.15) is 23.5 Å². The van der Waals surface area contributed by atoms with E-state index in [2.05, 4.69) is 25.8 Å². The highest BCUT2D eigenvalue weighted by Crippen LogP contribution is 2.33. The minimum absolute atomic E-state index is 0.0176. The van der Waals surface area contributed by atoms with Gasteiger partial charge in [-0.2, -0.15) is 0 Å². The summed E-state index contributed by atoms with van der Waals surface area (Å²) in [6, 6.07) is 24.3. The van der Waals surface area contributed by atoms with Crippen molar-refractivity contribution >= 4 is 40.8 Å². The van der Waals surface area contributed by atoms with Crippen LogP contribution in [0.25, 0.3) is 21.7 Å². The standard InChI is InChI=1S/C55H72N8O7S/c1-36(38-26-28-40(29-27-38)50-37(2)57-35-71-50)58-53(68)45-30-42(64)33-63(45)54(69)51(55(3,4)5)59-48(66)24-16-11-9-7-8-10-12-17-25-49(67)62(6)32-41(39-20-14-13-15-21-39)34-70-47-31-44(60-61-52(47)56)43-22-18-19-23-46(43)65/h13-15,18-23,26-29,31,35-36,41-42,45,51,64-65H,7-12,16-17,24-25,30,32-34H2,1-6H3,(H2,56,61)(H,58,68)(H,59,66). The summed E-state index contributed by atoms with van der Waals surface area (Å²) in [6.07, 6.45) is 7.38. The van der Waals surface area contributed by atoms with Crippen molar-refractivity contribution in [2.24, 2.45) is 5.41 Å². The van der Waals surface area contributed by atoms with Gasteiger partial charge in [0.25, 0.3) is 0 Å². The predicted octanol–water partition coefficient (Wildman–Crippen LogP) is 8.76. The number of aromatic hydroxyl groups is 1. The molecule has 1 aliphatic rings. The van der Waals surface area contributed by atoms with Crippen LogP contribution in [0.1, 0.15) is 127 Å². The first kappa shape index (κ1) is 54.0. The smallest absolute Gasteiger partial charge is 0.246 e. The van der Waals surface area contributed by atoms with Crippen LogP contribution in [0.15, 0.2) is 90.4 Å². The molecule has 5 atom stereocenters. The highest BCUT2D eigenvalue weighted by atomic mass is 32.1. The molecule has 6 N–H and O–H groups in total. The number of aliphatic hydroxyl groups is 1. The Morgan fingerprint density at radius 1 is 0.873 bits per heavy atom. The molecule has 1 fully saturated rings. The fraction of sp³-hybridized carbons (Fsp3) is 0.473. The maximum Gasteiger partial charge on any atom is 0.246 e. The highest BCUT2D eigenvalue weighted by molar-refractivity contribution is 7.13. The van der Waals surface area contributed by atoms with Gasteiger partial charge in [0.05, 0.1) is 34.8 Å². The number of para-hydroxylation sites is 1. The van der Waals surface area contributed by atoms with E-state index in [-0.39, 0.29) is 73.1 Å². The van der Waals surface area contributed by atoms with Gasteiger partial charge < -0.3 is 41.1 Å². The number of hydrogen-bond donors (Lipinski definition) is 5. The van der Waals surface area contributed by atoms with E-state index in [0.717, 1.165) is 72.2 Å². The van der Waals surface area contributed by atoms with Crippen LogP contribution in [-0.2, 0) is 19.2 Å². The van der Waals surface area contributed by atoms with Crippen LogP contribution in [-0.4, -0.2) is 104 Å². The summed E-state index contributed by atoms with van der Waals surface area (Å²) >= 11 is 1.58. The Balaban J connectivity index is 0.875. The first-order chi connectivity index (χ1) is 34.0. The monoisotopic (exact) mass is 989 g/mol. The fourth-order valence-electron chi connectivity index (χ4n) is 8.99. The van der Waals surface area contributed by atoms with Gasteiger partial charge >= 0.3 is 0 Å². The number of nitrogen functional groups attached to an aromatic ring is 1. The van der Waals surface area contributed by atoms with E-state index in [4.69, 9.17) is 10.5 Å². The van der Waals surface area contributed by atoms with Crippen LogP contribution >= 0.6 is 11.3 Å². The molecule has 0 spiro atoms. The number of unbranched alkanes of at least 4 members (excludes halogenated alkanes) is 7. The molecule has 5 aromatic rings. The first-order valence-electron chi connectivity index (χ1n) is 24.9. The van der Waals surface area contributed by atoms with Gasteiger partial charge in [-0.05, 0) is 60.9 Å². The van der Waals surface area contributed by atoms with Gasteiger partial charge in [-0.1, -0.05) is 126 Å². The summed E-state index contributed by atoms with van der Waals surface area (Å²) in [4.78, 5) is 63.0. The van der Waals surface area contributed by atoms with Gasteiger partial charge in [-0.15, -0.1) is 21.5 Å². The van der Waals surface area contributed by atoms with Crippen molar-refractivity contribution in [3.63, 3.8) is 0 Å². The zero-order valence-electron chi connectivity index (χ0n) is 42.1. The Bertz CT molecular complexity index is 2530. The third-order valence-corrected chi connectivity index (χ3v) is 14.2. The number of benzene rings is 3. The number of nitrogens with one attached hydrogen (secondary N) is 2. The maximum absolute atomic E-state index is 14.1. The molecule has 71 heavy (non-hydrogen) atoms. The lowest BCUT2D eigenvalue weighted by Gasteiger charge is -2.35. The van der Waals surface area contributed by atoms with Crippen molar-refractivity contribution in [1.82, 2.24) is 35.6 Å². The van der Waals surface area contributed by atoms with Crippen molar-refractivity contribution in [1.29, 1.82) is 0 Å². The maximum atomic E-state index is 14.1. The molecule has 6 rings (SSSR count). The first-order valence-corrected chi connectivity index (χ1v) is 25.8. The van der Waals surface area contributed by atoms with Crippen molar-refractivity contribution in [3.8, 4) is 33.2 Å². The van der Waals surface area contributed by atoms with Crippen LogP contribution in [0.3, 0.4) is 0 Å². The molecule has 0 saturated carbocycles. The van der Waals surface area contributed by atoms with Crippen molar-refractivity contribution < 1.29 is 34.1 Å². The number of carbonyl (C=O) groups excluding carboxylic acids is 4. The third kappa shape index (κ3) is 15.3. The Morgan fingerprint density at radius 3 is 2.17 bits per heavy atom. The van der Waals surface area contributed by atoms with Crippen LogP contribution in [0.4, 0.5) is 5.82 Å². The van der Waals surface area contributed by atoms with Crippen LogP contribution in [0, 0.1) is 12.3 Å². The summed E-state index contributed by atoms with van der Waals surface area (Å²) in [5.74, 6) is -0.436. The lowest BCUT2D eigenvalue weighted by molar-refractivity contribution is -0.144. The molecule has 15 nitrogen and oxygen atoms in total. The lowest BCUT2D eigenvalue weighted by Crippen LogP contribution is -2.57. The number of likely N-dealkylation sites (N-methyl/N-ethyl adjacent to an activating group) is 1. The van der Waals surface area contributed by atoms with E-state index < -0.39 is 23.6 Å². The molecule has 0 bridgehead atoms. The summed E-state index contributed by atoms with van der Waals surface area (Å²) in [6.45, 7) is 10.3. The highest BCUT2D eigenvalue weighted by Gasteiger charge is 2.44. The number of aryl methyl sites for hydroxylation is 1. The predicted molar refractivity (Wildman–Crippen MR) is 278 cm³/mol. The molecule has 4 amide bonds.